The van der Waals surface area contributed by atoms with Crippen molar-refractivity contribution in [1.29, 1.82) is 5.26 Å². The van der Waals surface area contributed by atoms with Crippen LogP contribution in [0.4, 0.5) is 5.13 Å². The Morgan fingerprint density at radius 2 is 2.80 bits per heavy atom. The van der Waals surface area contributed by atoms with E-state index < -0.39 is 0 Å². The molecule has 1 aromatic heterocycles. The molecule has 0 radical (unpaired) electrons. The van der Waals surface area contributed by atoms with Crippen LogP contribution < -0.4 is 4.90 Å². The van der Waals surface area contributed by atoms with Gasteiger partial charge in [-0.2, -0.15) is 5.26 Å². The van der Waals surface area contributed by atoms with Crippen LogP contribution in [-0.2, 0) is 0 Å². The van der Waals surface area contributed by atoms with Crippen molar-refractivity contribution >= 4 is 16.5 Å². The molecule has 1 atom stereocenters. The van der Waals surface area contributed by atoms with Gasteiger partial charge in [-0.25, -0.2) is 4.98 Å². The lowest BCUT2D eigenvalue weighted by molar-refractivity contribution is 1.23. The average Bonchev–Trinajstić information content (AvgIpc) is 2.56. The molecule has 2 heterocycles. The largest absolute Gasteiger partial charge is 0.327 e. The molecule has 1 fully saturated rings. The molecule has 3 nitrogen and oxygen atoms in total. The molecule has 1 aliphatic rings. The molecule has 0 bridgehead atoms. The highest BCUT2D eigenvalue weighted by Gasteiger charge is 2.35. The molecule has 0 aromatic carbocycles. The molecule has 0 amide bonds. The number of thiazole rings is 1. The second-order valence-electron chi connectivity index (χ2n) is 2.11. The third-order valence-corrected chi connectivity index (χ3v) is 2.23. The molecular formula is C6H5N3S. The molecule has 2 rings (SSSR count). The van der Waals surface area contributed by atoms with E-state index in [-0.39, 0.29) is 6.04 Å². The summed E-state index contributed by atoms with van der Waals surface area (Å²) in [4.78, 5) is 6.05. The van der Waals surface area contributed by atoms with Crippen molar-refractivity contribution in [2.75, 3.05) is 11.4 Å². The predicted molar refractivity (Wildman–Crippen MR) is 38.9 cm³/mol. The van der Waals surface area contributed by atoms with E-state index in [1.807, 2.05) is 10.3 Å². The second-order valence-corrected chi connectivity index (χ2v) is 2.98. The van der Waals surface area contributed by atoms with Gasteiger partial charge in [-0.1, -0.05) is 0 Å². The fraction of sp³-hybridized carbons (Fsp3) is 0.333. The van der Waals surface area contributed by atoms with Crippen molar-refractivity contribution in [3.05, 3.63) is 11.6 Å². The Bertz CT molecular complexity index is 261. The van der Waals surface area contributed by atoms with Crippen LogP contribution in [0.2, 0.25) is 0 Å². The van der Waals surface area contributed by atoms with Crippen LogP contribution in [0.5, 0.6) is 0 Å². The summed E-state index contributed by atoms with van der Waals surface area (Å²) in [5.41, 5.74) is 0. The monoisotopic (exact) mass is 151 g/mol. The van der Waals surface area contributed by atoms with Crippen molar-refractivity contribution in [2.24, 2.45) is 0 Å². The van der Waals surface area contributed by atoms with Gasteiger partial charge in [-0.05, 0) is 0 Å². The van der Waals surface area contributed by atoms with E-state index in [9.17, 15) is 0 Å². The zero-order valence-corrected chi connectivity index (χ0v) is 6.01. The van der Waals surface area contributed by atoms with Crippen molar-refractivity contribution < 1.29 is 0 Å². The van der Waals surface area contributed by atoms with E-state index in [1.54, 1.807) is 17.5 Å². The molecule has 0 aliphatic carbocycles. The molecular weight excluding hydrogens is 146 g/mol. The molecule has 50 valence electrons. The maximum absolute atomic E-state index is 8.46. The zero-order chi connectivity index (χ0) is 6.97. The Hall–Kier alpha value is -1.08. The highest BCUT2D eigenvalue weighted by Crippen LogP contribution is 2.28. The molecule has 1 saturated heterocycles. The van der Waals surface area contributed by atoms with Crippen LogP contribution in [-0.4, -0.2) is 17.6 Å². The summed E-state index contributed by atoms with van der Waals surface area (Å²) >= 11 is 1.58. The van der Waals surface area contributed by atoms with Crippen LogP contribution in [0.15, 0.2) is 11.6 Å². The lowest BCUT2D eigenvalue weighted by atomic mass is 10.5. The van der Waals surface area contributed by atoms with Crippen molar-refractivity contribution in [3.63, 3.8) is 0 Å². The molecule has 1 aliphatic heterocycles. The first-order valence-corrected chi connectivity index (χ1v) is 3.85. The van der Waals surface area contributed by atoms with E-state index in [0.717, 1.165) is 11.7 Å². The quantitative estimate of drug-likeness (QED) is 0.559. The van der Waals surface area contributed by atoms with Crippen LogP contribution in [0.1, 0.15) is 0 Å². The molecule has 10 heavy (non-hydrogen) atoms. The maximum atomic E-state index is 8.46. The Balaban J connectivity index is 2.13. The van der Waals surface area contributed by atoms with Crippen LogP contribution in [0.3, 0.4) is 0 Å². The number of aromatic nitrogens is 1. The minimum absolute atomic E-state index is 0.0890. The Kier molecular flexibility index (Phi) is 1.11. The third kappa shape index (κ3) is 0.755. The van der Waals surface area contributed by atoms with Crippen LogP contribution >= 0.6 is 11.3 Å². The summed E-state index contributed by atoms with van der Waals surface area (Å²) in [7, 11) is 0. The first kappa shape index (κ1) is 5.69. The maximum Gasteiger partial charge on any atom is 0.186 e. The van der Waals surface area contributed by atoms with Crippen molar-refractivity contribution in [1.82, 2.24) is 4.98 Å². The zero-order valence-electron chi connectivity index (χ0n) is 5.19. The van der Waals surface area contributed by atoms with Crippen molar-refractivity contribution in [3.8, 4) is 6.07 Å². The summed E-state index contributed by atoms with van der Waals surface area (Å²) in [6.45, 7) is 0.851. The van der Waals surface area contributed by atoms with Gasteiger partial charge < -0.3 is 4.90 Å². The number of hydrogen-bond donors (Lipinski definition) is 0. The Labute approximate surface area is 62.5 Å². The molecule has 1 aromatic rings. The van der Waals surface area contributed by atoms with E-state index in [2.05, 4.69) is 11.1 Å². The normalized spacial score (nSPS) is 22.3. The number of nitrogens with zero attached hydrogens (tertiary/aromatic N) is 3. The van der Waals surface area contributed by atoms with Gasteiger partial charge in [0, 0.05) is 11.6 Å². The van der Waals surface area contributed by atoms with Gasteiger partial charge in [-0.3, -0.25) is 0 Å². The summed E-state index contributed by atoms with van der Waals surface area (Å²) in [5.74, 6) is 0. The van der Waals surface area contributed by atoms with E-state index in [4.69, 9.17) is 5.26 Å². The standard InChI is InChI=1S/C6H5N3S/c7-3-5-4-9(5)6-8-1-2-10-6/h1-2,5H,4H2. The number of anilines is 1. The molecule has 0 saturated carbocycles. The molecule has 4 heteroatoms. The first-order chi connectivity index (χ1) is 4.92. The van der Waals surface area contributed by atoms with Gasteiger partial charge in [0.05, 0.1) is 12.6 Å². The Morgan fingerprint density at radius 1 is 1.90 bits per heavy atom. The predicted octanol–water partition coefficient (Wildman–Crippen LogP) is 0.855. The van der Waals surface area contributed by atoms with Gasteiger partial charge in [0.2, 0.25) is 0 Å². The summed E-state index contributed by atoms with van der Waals surface area (Å²) in [6.07, 6.45) is 1.76. The average molecular weight is 151 g/mol. The van der Waals surface area contributed by atoms with E-state index in [1.165, 1.54) is 0 Å². The van der Waals surface area contributed by atoms with Crippen LogP contribution in [0, 0.1) is 11.3 Å². The molecule has 1 unspecified atom stereocenters. The number of hydrogen-bond acceptors (Lipinski definition) is 4. The Morgan fingerprint density at radius 3 is 3.30 bits per heavy atom. The minimum Gasteiger partial charge on any atom is -0.327 e. The summed E-state index contributed by atoms with van der Waals surface area (Å²) in [6, 6.07) is 2.26. The van der Waals surface area contributed by atoms with Gasteiger partial charge in [0.15, 0.2) is 5.13 Å². The van der Waals surface area contributed by atoms with Gasteiger partial charge in [0.1, 0.15) is 6.04 Å². The fourth-order valence-electron chi connectivity index (χ4n) is 0.819. The highest BCUT2D eigenvalue weighted by molar-refractivity contribution is 7.13. The van der Waals surface area contributed by atoms with Gasteiger partial charge >= 0.3 is 0 Å². The highest BCUT2D eigenvalue weighted by atomic mass is 32.1. The van der Waals surface area contributed by atoms with Gasteiger partial charge in [-0.15, -0.1) is 11.3 Å². The number of nitriles is 1. The lowest BCUT2D eigenvalue weighted by Crippen LogP contribution is -1.94. The van der Waals surface area contributed by atoms with Crippen LogP contribution in [0.25, 0.3) is 0 Å². The van der Waals surface area contributed by atoms with E-state index >= 15 is 0 Å². The fourth-order valence-corrected chi connectivity index (χ4v) is 1.52. The smallest absolute Gasteiger partial charge is 0.186 e. The summed E-state index contributed by atoms with van der Waals surface area (Å²) < 4.78 is 0. The number of rotatable bonds is 1. The SMILES string of the molecule is N#CC1CN1c1nccs1. The first-order valence-electron chi connectivity index (χ1n) is 2.97. The lowest BCUT2D eigenvalue weighted by Gasteiger charge is -1.91. The minimum atomic E-state index is 0.0890. The third-order valence-electron chi connectivity index (χ3n) is 1.43. The van der Waals surface area contributed by atoms with Gasteiger partial charge in [0.25, 0.3) is 0 Å². The van der Waals surface area contributed by atoms with E-state index in [0.29, 0.717) is 0 Å². The summed E-state index contributed by atoms with van der Waals surface area (Å²) in [5, 5.41) is 11.3. The molecule has 0 spiro atoms. The van der Waals surface area contributed by atoms with Crippen molar-refractivity contribution in [2.45, 2.75) is 6.04 Å². The topological polar surface area (TPSA) is 39.7 Å². The molecule has 0 N–H and O–H groups in total. The second kappa shape index (κ2) is 1.96.